The van der Waals surface area contributed by atoms with Crippen LogP contribution in [0.25, 0.3) is 0 Å². The van der Waals surface area contributed by atoms with E-state index in [4.69, 9.17) is 5.11 Å². The molecule has 0 radical (unpaired) electrons. The van der Waals surface area contributed by atoms with E-state index >= 15 is 0 Å². The number of nitrogens with zero attached hydrogens (tertiary/aromatic N) is 1. The maximum absolute atomic E-state index is 10.6. The Labute approximate surface area is 143 Å². The number of hydrogen-bond acceptors (Lipinski definition) is 4. The highest BCUT2D eigenvalue weighted by atomic mass is 16.4. The molecule has 2 unspecified atom stereocenters. The highest BCUT2D eigenvalue weighted by molar-refractivity contribution is 5.67. The summed E-state index contributed by atoms with van der Waals surface area (Å²) in [5.74, 6) is -0.557. The van der Waals surface area contributed by atoms with E-state index in [1.165, 1.54) is 5.56 Å². The molecule has 0 saturated carbocycles. The zero-order valence-corrected chi connectivity index (χ0v) is 14.1. The highest BCUT2D eigenvalue weighted by Gasteiger charge is 2.29. The Morgan fingerprint density at radius 3 is 2.71 bits per heavy atom. The van der Waals surface area contributed by atoms with Gasteiger partial charge in [0.25, 0.3) is 0 Å². The molecule has 1 fully saturated rings. The SMILES string of the molecule is CC1CCN(Cc2ccccc2)C1/C=C/[C@@H](O)C[C@@H](O)CC(=O)O. The molecule has 3 N–H and O–H groups in total. The van der Waals surface area contributed by atoms with Crippen LogP contribution in [0.3, 0.4) is 0 Å². The standard InChI is InChI=1S/C19H27NO4/c1-14-9-10-20(13-15-5-3-2-4-6-15)18(14)8-7-16(21)11-17(22)12-19(23)24/h2-8,14,16-18,21-22H,9-13H2,1H3,(H,23,24)/b8-7+/t14?,16-,17-,18?/m1/s1. The van der Waals surface area contributed by atoms with Crippen LogP contribution in [0.1, 0.15) is 31.7 Å². The topological polar surface area (TPSA) is 81.0 Å². The van der Waals surface area contributed by atoms with Crippen molar-refractivity contribution in [2.75, 3.05) is 6.54 Å². The Hall–Kier alpha value is -1.69. The maximum atomic E-state index is 10.6. The minimum atomic E-state index is -1.06. The first kappa shape index (κ1) is 18.6. The molecule has 5 heteroatoms. The van der Waals surface area contributed by atoms with Crippen molar-refractivity contribution in [1.82, 2.24) is 4.90 Å². The van der Waals surface area contributed by atoms with Crippen molar-refractivity contribution >= 4 is 5.97 Å². The lowest BCUT2D eigenvalue weighted by atomic mass is 10.0. The highest BCUT2D eigenvalue weighted by Crippen LogP contribution is 2.27. The molecule has 2 rings (SSSR count). The van der Waals surface area contributed by atoms with Crippen molar-refractivity contribution in [3.63, 3.8) is 0 Å². The van der Waals surface area contributed by atoms with E-state index < -0.39 is 18.2 Å². The molecular weight excluding hydrogens is 306 g/mol. The van der Waals surface area contributed by atoms with Gasteiger partial charge >= 0.3 is 5.97 Å². The number of carbonyl (C=O) groups is 1. The fraction of sp³-hybridized carbons (Fsp3) is 0.526. The Morgan fingerprint density at radius 2 is 2.04 bits per heavy atom. The Morgan fingerprint density at radius 1 is 1.33 bits per heavy atom. The van der Waals surface area contributed by atoms with Gasteiger partial charge in [0, 0.05) is 19.0 Å². The van der Waals surface area contributed by atoms with Gasteiger partial charge in [-0.05, 0) is 24.4 Å². The molecule has 5 nitrogen and oxygen atoms in total. The molecule has 0 aromatic heterocycles. The van der Waals surface area contributed by atoms with Crippen molar-refractivity contribution in [3.05, 3.63) is 48.0 Å². The zero-order valence-electron chi connectivity index (χ0n) is 14.1. The average molecular weight is 333 g/mol. The number of aliphatic hydroxyl groups excluding tert-OH is 2. The third kappa shape index (κ3) is 5.74. The van der Waals surface area contributed by atoms with Crippen LogP contribution in [-0.2, 0) is 11.3 Å². The summed E-state index contributed by atoms with van der Waals surface area (Å²) in [7, 11) is 0. The summed E-state index contributed by atoms with van der Waals surface area (Å²) < 4.78 is 0. The monoisotopic (exact) mass is 333 g/mol. The van der Waals surface area contributed by atoms with Crippen molar-refractivity contribution in [3.8, 4) is 0 Å². The normalized spacial score (nSPS) is 24.3. The molecule has 0 amide bonds. The van der Waals surface area contributed by atoms with Crippen molar-refractivity contribution in [2.45, 2.75) is 51.0 Å². The predicted octanol–water partition coefficient (Wildman–Crippen LogP) is 2.04. The van der Waals surface area contributed by atoms with Gasteiger partial charge in [-0.1, -0.05) is 49.4 Å². The number of likely N-dealkylation sites (tertiary alicyclic amines) is 1. The van der Waals surface area contributed by atoms with Crippen LogP contribution in [0.15, 0.2) is 42.5 Å². The summed E-state index contributed by atoms with van der Waals surface area (Å²) in [6, 6.07) is 10.5. The molecule has 4 atom stereocenters. The van der Waals surface area contributed by atoms with Crippen LogP contribution in [0, 0.1) is 5.92 Å². The molecule has 0 aliphatic carbocycles. The summed E-state index contributed by atoms with van der Waals surface area (Å²) in [5.41, 5.74) is 1.27. The number of aliphatic hydroxyl groups is 2. The first-order valence-electron chi connectivity index (χ1n) is 8.50. The minimum Gasteiger partial charge on any atom is -0.481 e. The van der Waals surface area contributed by atoms with Gasteiger partial charge in [0.2, 0.25) is 0 Å². The summed E-state index contributed by atoms with van der Waals surface area (Å²) in [6.45, 7) is 4.09. The number of rotatable bonds is 8. The molecule has 132 valence electrons. The molecule has 1 aliphatic heterocycles. The van der Waals surface area contributed by atoms with Crippen LogP contribution >= 0.6 is 0 Å². The Bertz CT molecular complexity index is 546. The van der Waals surface area contributed by atoms with Crippen molar-refractivity contribution < 1.29 is 20.1 Å². The van der Waals surface area contributed by atoms with Gasteiger partial charge in [-0.15, -0.1) is 0 Å². The number of carboxylic acids is 1. The molecule has 24 heavy (non-hydrogen) atoms. The summed E-state index contributed by atoms with van der Waals surface area (Å²) >= 11 is 0. The molecule has 1 aliphatic rings. The Kier molecular flexibility index (Phi) is 6.97. The van der Waals surface area contributed by atoms with Gasteiger partial charge in [-0.3, -0.25) is 9.69 Å². The third-order valence-corrected chi connectivity index (χ3v) is 4.56. The largest absolute Gasteiger partial charge is 0.481 e. The van der Waals surface area contributed by atoms with Crippen molar-refractivity contribution in [1.29, 1.82) is 0 Å². The second-order valence-electron chi connectivity index (χ2n) is 6.65. The summed E-state index contributed by atoms with van der Waals surface area (Å²) in [6.07, 6.45) is 2.65. The summed E-state index contributed by atoms with van der Waals surface area (Å²) in [5, 5.41) is 28.2. The van der Waals surface area contributed by atoms with Gasteiger partial charge < -0.3 is 15.3 Å². The maximum Gasteiger partial charge on any atom is 0.305 e. The number of aliphatic carboxylic acids is 1. The van der Waals surface area contributed by atoms with Gasteiger partial charge in [-0.2, -0.15) is 0 Å². The fourth-order valence-electron chi connectivity index (χ4n) is 3.25. The van der Waals surface area contributed by atoms with Gasteiger partial charge in [0.05, 0.1) is 18.6 Å². The quantitative estimate of drug-likeness (QED) is 0.634. The van der Waals surface area contributed by atoms with Gasteiger partial charge in [-0.25, -0.2) is 0 Å². The Balaban J connectivity index is 1.91. The van der Waals surface area contributed by atoms with E-state index in [2.05, 4.69) is 24.0 Å². The molecule has 1 aromatic rings. The third-order valence-electron chi connectivity index (χ3n) is 4.56. The molecule has 0 spiro atoms. The van der Waals surface area contributed by atoms with E-state index in [9.17, 15) is 15.0 Å². The molecular formula is C19H27NO4. The molecule has 1 aromatic carbocycles. The minimum absolute atomic E-state index is 0.0442. The molecule has 1 heterocycles. The lowest BCUT2D eigenvalue weighted by molar-refractivity contribution is -0.139. The van der Waals surface area contributed by atoms with Crippen LogP contribution in [0.5, 0.6) is 0 Å². The second kappa shape index (κ2) is 8.97. The van der Waals surface area contributed by atoms with E-state index in [1.54, 1.807) is 6.08 Å². The van der Waals surface area contributed by atoms with E-state index in [0.29, 0.717) is 5.92 Å². The lowest BCUT2D eigenvalue weighted by Crippen LogP contribution is -2.30. The van der Waals surface area contributed by atoms with Gasteiger partial charge in [0.15, 0.2) is 0 Å². The van der Waals surface area contributed by atoms with E-state index in [1.807, 2.05) is 24.3 Å². The van der Waals surface area contributed by atoms with E-state index in [0.717, 1.165) is 19.5 Å². The van der Waals surface area contributed by atoms with Crippen LogP contribution in [0.2, 0.25) is 0 Å². The molecule has 0 bridgehead atoms. The first-order chi connectivity index (χ1) is 11.5. The summed E-state index contributed by atoms with van der Waals surface area (Å²) in [4.78, 5) is 12.9. The first-order valence-corrected chi connectivity index (χ1v) is 8.50. The smallest absolute Gasteiger partial charge is 0.305 e. The fourth-order valence-corrected chi connectivity index (χ4v) is 3.25. The number of hydrogen-bond donors (Lipinski definition) is 3. The number of benzene rings is 1. The van der Waals surface area contributed by atoms with Crippen molar-refractivity contribution in [2.24, 2.45) is 5.92 Å². The average Bonchev–Trinajstić information content (AvgIpc) is 2.85. The molecule has 1 saturated heterocycles. The number of carboxylic acid groups (broad SMARTS) is 1. The second-order valence-corrected chi connectivity index (χ2v) is 6.65. The predicted molar refractivity (Wildman–Crippen MR) is 92.4 cm³/mol. The van der Waals surface area contributed by atoms with Gasteiger partial charge in [0.1, 0.15) is 0 Å². The van der Waals surface area contributed by atoms with Crippen LogP contribution < -0.4 is 0 Å². The van der Waals surface area contributed by atoms with Crippen LogP contribution in [-0.4, -0.2) is 51.0 Å². The lowest BCUT2D eigenvalue weighted by Gasteiger charge is -2.24. The van der Waals surface area contributed by atoms with E-state index in [-0.39, 0.29) is 18.9 Å². The zero-order chi connectivity index (χ0) is 17.5. The van der Waals surface area contributed by atoms with Crippen LogP contribution in [0.4, 0.5) is 0 Å².